The van der Waals surface area contributed by atoms with E-state index in [1.54, 1.807) is 0 Å². The molecule has 1 aromatic heterocycles. The van der Waals surface area contributed by atoms with Crippen molar-refractivity contribution in [3.05, 3.63) is 71.5 Å². The highest BCUT2D eigenvalue weighted by Gasteiger charge is 2.33. The van der Waals surface area contributed by atoms with E-state index in [4.69, 9.17) is 5.73 Å². The zero-order valence-corrected chi connectivity index (χ0v) is 13.2. The normalized spacial score (nSPS) is 11.3. The lowest BCUT2D eigenvalue weighted by molar-refractivity contribution is -0.136. The second-order valence-corrected chi connectivity index (χ2v) is 5.46. The Morgan fingerprint density at radius 2 is 1.62 bits per heavy atom. The summed E-state index contributed by atoms with van der Waals surface area (Å²) in [5.74, 6) is -1.60. The number of carbonyl (C=O) groups is 2. The van der Waals surface area contributed by atoms with Crippen LogP contribution >= 0.6 is 0 Å². The Hall–Kier alpha value is -3.42. The van der Waals surface area contributed by atoms with E-state index in [-0.39, 0.29) is 22.0 Å². The quantitative estimate of drug-likeness (QED) is 0.542. The summed E-state index contributed by atoms with van der Waals surface area (Å²) in [4.78, 5) is 28.3. The minimum absolute atomic E-state index is 0.00457. The molecule has 0 aliphatic carbocycles. The van der Waals surface area contributed by atoms with Gasteiger partial charge in [0.1, 0.15) is 5.69 Å². The van der Waals surface area contributed by atoms with Crippen LogP contribution in [0.25, 0.3) is 10.8 Å². The lowest BCUT2D eigenvalue weighted by atomic mass is 10.0. The van der Waals surface area contributed by atoms with E-state index in [1.807, 2.05) is 0 Å². The van der Waals surface area contributed by atoms with Crippen molar-refractivity contribution in [1.82, 2.24) is 10.3 Å². The number of carbonyl (C=O) groups excluding carboxylic acids is 2. The van der Waals surface area contributed by atoms with Crippen molar-refractivity contribution in [3.8, 4) is 0 Å². The van der Waals surface area contributed by atoms with Gasteiger partial charge in [0.05, 0.1) is 5.56 Å². The van der Waals surface area contributed by atoms with Crippen molar-refractivity contribution in [3.63, 3.8) is 0 Å². The first-order chi connectivity index (χ1) is 12.3. The molecule has 5 nitrogen and oxygen atoms in total. The number of pyridine rings is 1. The van der Waals surface area contributed by atoms with Gasteiger partial charge in [0.15, 0.2) is 0 Å². The van der Waals surface area contributed by atoms with Gasteiger partial charge >= 0.3 is 6.18 Å². The van der Waals surface area contributed by atoms with Gasteiger partial charge in [-0.25, -0.2) is 0 Å². The number of nitrogen functional groups attached to an aromatic ring is 1. The monoisotopic (exact) mass is 359 g/mol. The molecule has 0 saturated carbocycles. The molecule has 0 bridgehead atoms. The van der Waals surface area contributed by atoms with Gasteiger partial charge in [0.25, 0.3) is 11.8 Å². The van der Waals surface area contributed by atoms with Crippen LogP contribution in [-0.4, -0.2) is 16.8 Å². The molecule has 0 atom stereocenters. The lowest BCUT2D eigenvalue weighted by Crippen LogP contribution is -2.31. The number of rotatable bonds is 2. The Morgan fingerprint density at radius 1 is 0.923 bits per heavy atom. The van der Waals surface area contributed by atoms with Crippen LogP contribution in [0, 0.1) is 0 Å². The number of hydrogen-bond donors (Lipinski definition) is 2. The van der Waals surface area contributed by atoms with Crippen LogP contribution in [0.1, 0.15) is 26.4 Å². The number of amides is 2. The zero-order chi connectivity index (χ0) is 18.9. The maximum Gasteiger partial charge on any atom is 0.417 e. The van der Waals surface area contributed by atoms with Gasteiger partial charge in [-0.3, -0.25) is 19.9 Å². The first-order valence-corrected chi connectivity index (χ1v) is 7.43. The molecule has 0 unspecified atom stereocenters. The van der Waals surface area contributed by atoms with E-state index in [1.165, 1.54) is 42.5 Å². The van der Waals surface area contributed by atoms with Crippen LogP contribution in [0.2, 0.25) is 0 Å². The van der Waals surface area contributed by atoms with Gasteiger partial charge in [-0.1, -0.05) is 12.1 Å². The summed E-state index contributed by atoms with van der Waals surface area (Å²) in [5, 5.41) is 1.96. The van der Waals surface area contributed by atoms with E-state index in [0.717, 1.165) is 12.3 Å². The fourth-order valence-corrected chi connectivity index (χ4v) is 2.50. The first-order valence-electron chi connectivity index (χ1n) is 7.43. The summed E-state index contributed by atoms with van der Waals surface area (Å²) in [6.07, 6.45) is -3.48. The summed E-state index contributed by atoms with van der Waals surface area (Å²) in [7, 11) is 0. The van der Waals surface area contributed by atoms with Gasteiger partial charge in [-0.05, 0) is 41.8 Å². The Bertz CT molecular complexity index is 999. The second-order valence-electron chi connectivity index (χ2n) is 5.46. The average molecular weight is 359 g/mol. The van der Waals surface area contributed by atoms with Gasteiger partial charge < -0.3 is 5.73 Å². The highest BCUT2D eigenvalue weighted by atomic mass is 19.4. The molecule has 26 heavy (non-hydrogen) atoms. The maximum atomic E-state index is 13.1. The summed E-state index contributed by atoms with van der Waals surface area (Å²) < 4.78 is 39.4. The maximum absolute atomic E-state index is 13.1. The smallest absolute Gasteiger partial charge is 0.399 e. The highest BCUT2D eigenvalue weighted by Crippen LogP contribution is 2.35. The fraction of sp³-hybridized carbons (Fsp3) is 0.0556. The van der Waals surface area contributed by atoms with Gasteiger partial charge in [0.2, 0.25) is 0 Å². The number of fused-ring (bicyclic) bond motifs is 1. The summed E-state index contributed by atoms with van der Waals surface area (Å²) >= 11 is 0. The van der Waals surface area contributed by atoms with Crippen molar-refractivity contribution in [2.45, 2.75) is 6.18 Å². The minimum atomic E-state index is -4.58. The van der Waals surface area contributed by atoms with Crippen LogP contribution in [0.4, 0.5) is 18.9 Å². The average Bonchev–Trinajstić information content (AvgIpc) is 2.60. The molecule has 0 aliphatic rings. The van der Waals surface area contributed by atoms with Gasteiger partial charge in [-0.2, -0.15) is 13.2 Å². The molecule has 2 amide bonds. The Kier molecular flexibility index (Phi) is 4.33. The topological polar surface area (TPSA) is 85.1 Å². The Labute approximate surface area is 145 Å². The number of halogens is 3. The minimum Gasteiger partial charge on any atom is -0.399 e. The number of alkyl halides is 3. The number of anilines is 1. The van der Waals surface area contributed by atoms with Crippen LogP contribution in [0.3, 0.4) is 0 Å². The third kappa shape index (κ3) is 3.34. The predicted octanol–water partition coefficient (Wildman–Crippen LogP) is 3.41. The standard InChI is InChI=1S/C18H12F3N3O2/c19-18(20,21)14-3-1-2-13-12(14)8-9-23-15(13)17(26)24-16(25)10-4-6-11(22)7-5-10/h1-9H,22H2,(H,24,25,26). The largest absolute Gasteiger partial charge is 0.417 e. The molecule has 8 heteroatoms. The number of hydrogen-bond acceptors (Lipinski definition) is 4. The van der Waals surface area contributed by atoms with Crippen molar-refractivity contribution in [1.29, 1.82) is 0 Å². The Morgan fingerprint density at radius 3 is 2.27 bits per heavy atom. The molecular formula is C18H12F3N3O2. The van der Waals surface area contributed by atoms with Crippen LogP contribution in [0.5, 0.6) is 0 Å². The number of nitrogens with one attached hydrogen (secondary N) is 1. The SMILES string of the molecule is Nc1ccc(C(=O)NC(=O)c2nccc3c(C(F)(F)F)cccc23)cc1. The Balaban J connectivity index is 1.96. The van der Waals surface area contributed by atoms with Crippen molar-refractivity contribution in [2.75, 3.05) is 5.73 Å². The molecule has 132 valence electrons. The molecule has 3 aromatic rings. The van der Waals surface area contributed by atoms with Crippen molar-refractivity contribution < 1.29 is 22.8 Å². The number of nitrogens with zero attached hydrogens (tertiary/aromatic N) is 1. The molecular weight excluding hydrogens is 347 g/mol. The molecule has 0 spiro atoms. The van der Waals surface area contributed by atoms with E-state index in [2.05, 4.69) is 10.3 Å². The van der Waals surface area contributed by atoms with Crippen LogP contribution in [0.15, 0.2) is 54.7 Å². The molecule has 3 N–H and O–H groups in total. The molecule has 2 aromatic carbocycles. The zero-order valence-electron chi connectivity index (χ0n) is 13.2. The third-order valence-electron chi connectivity index (χ3n) is 3.73. The predicted molar refractivity (Wildman–Crippen MR) is 89.4 cm³/mol. The van der Waals surface area contributed by atoms with E-state index in [0.29, 0.717) is 5.69 Å². The molecule has 1 heterocycles. The van der Waals surface area contributed by atoms with Crippen LogP contribution < -0.4 is 11.1 Å². The highest BCUT2D eigenvalue weighted by molar-refractivity contribution is 6.14. The number of aromatic nitrogens is 1. The molecule has 0 radical (unpaired) electrons. The summed E-state index contributed by atoms with van der Waals surface area (Å²) in [6.45, 7) is 0. The van der Waals surface area contributed by atoms with E-state index >= 15 is 0 Å². The first kappa shape index (κ1) is 17.4. The van der Waals surface area contributed by atoms with E-state index < -0.39 is 23.6 Å². The lowest BCUT2D eigenvalue weighted by Gasteiger charge is -2.12. The molecule has 0 aliphatic heterocycles. The van der Waals surface area contributed by atoms with Crippen molar-refractivity contribution in [2.24, 2.45) is 0 Å². The second kappa shape index (κ2) is 6.47. The number of benzene rings is 2. The molecule has 0 saturated heterocycles. The van der Waals surface area contributed by atoms with Crippen molar-refractivity contribution >= 4 is 28.3 Å². The fourth-order valence-electron chi connectivity index (χ4n) is 2.50. The van der Waals surface area contributed by atoms with Gasteiger partial charge in [-0.15, -0.1) is 0 Å². The van der Waals surface area contributed by atoms with E-state index in [9.17, 15) is 22.8 Å². The van der Waals surface area contributed by atoms with Crippen LogP contribution in [-0.2, 0) is 6.18 Å². The molecule has 3 rings (SSSR count). The molecule has 0 fully saturated rings. The summed E-state index contributed by atoms with van der Waals surface area (Å²) in [5.41, 5.74) is 5.02. The number of nitrogens with two attached hydrogens (primary N) is 1. The third-order valence-corrected chi connectivity index (χ3v) is 3.73. The summed E-state index contributed by atoms with van der Waals surface area (Å²) in [6, 6.07) is 10.5. The number of imide groups is 1. The van der Waals surface area contributed by atoms with Gasteiger partial charge in [0, 0.05) is 22.8 Å².